The average molecular weight is 367 g/mol. The molecule has 0 saturated carbocycles. The van der Waals surface area contributed by atoms with Crippen LogP contribution in [0.25, 0.3) is 0 Å². The van der Waals surface area contributed by atoms with Crippen molar-refractivity contribution in [2.24, 2.45) is 0 Å². The minimum atomic E-state index is -0.0144. The molecule has 0 radical (unpaired) electrons. The fraction of sp³-hybridized carbons (Fsp3) is 0.727. The first kappa shape index (κ1) is 22.1. The molecule has 0 N–H and O–H groups in total. The summed E-state index contributed by atoms with van der Waals surface area (Å²) in [6.45, 7) is 24.2. The predicted molar refractivity (Wildman–Crippen MR) is 117 cm³/mol. The maximum atomic E-state index is 2.43. The molecular weight excluding hydrogens is 326 g/mol. The Bertz CT molecular complexity index is 456. The van der Waals surface area contributed by atoms with Crippen LogP contribution >= 0.6 is 15.8 Å². The zero-order valence-electron chi connectivity index (χ0n) is 17.8. The summed E-state index contributed by atoms with van der Waals surface area (Å²) < 4.78 is 0. The molecule has 0 fully saturated rings. The Morgan fingerprint density at radius 2 is 0.958 bits per heavy atom. The third-order valence-electron chi connectivity index (χ3n) is 4.77. The highest BCUT2D eigenvalue weighted by molar-refractivity contribution is 7.59. The lowest BCUT2D eigenvalue weighted by atomic mass is 10.1. The van der Waals surface area contributed by atoms with Crippen molar-refractivity contribution in [1.29, 1.82) is 0 Å². The maximum absolute atomic E-state index is 2.43. The van der Waals surface area contributed by atoms with Crippen LogP contribution in [0.3, 0.4) is 0 Å². The van der Waals surface area contributed by atoms with E-state index < -0.39 is 0 Å². The normalized spacial score (nSPS) is 15.8. The molecule has 1 aromatic carbocycles. The van der Waals surface area contributed by atoms with Gasteiger partial charge in [-0.25, -0.2) is 0 Å². The average Bonchev–Trinajstić information content (AvgIpc) is 2.39. The second-order valence-corrected chi connectivity index (χ2v) is 16.8. The van der Waals surface area contributed by atoms with Gasteiger partial charge in [0.15, 0.2) is 0 Å². The Kier molecular flexibility index (Phi) is 7.97. The van der Waals surface area contributed by atoms with Crippen molar-refractivity contribution in [3.8, 4) is 0 Å². The number of hydrogen-bond donors (Lipinski definition) is 0. The lowest BCUT2D eigenvalue weighted by Gasteiger charge is -2.37. The summed E-state index contributed by atoms with van der Waals surface area (Å²) in [7, 11) is -0.0288. The van der Waals surface area contributed by atoms with Crippen LogP contribution in [0, 0.1) is 0 Å². The van der Waals surface area contributed by atoms with Crippen LogP contribution in [0.2, 0.25) is 0 Å². The van der Waals surface area contributed by atoms with Crippen LogP contribution < -0.4 is 0 Å². The van der Waals surface area contributed by atoms with Gasteiger partial charge >= 0.3 is 0 Å². The quantitative estimate of drug-likeness (QED) is 0.447. The Morgan fingerprint density at radius 1 is 0.667 bits per heavy atom. The molecular formula is C22H40P2. The van der Waals surface area contributed by atoms with Gasteiger partial charge in [0.2, 0.25) is 0 Å². The van der Waals surface area contributed by atoms with Crippen LogP contribution in [-0.4, -0.2) is 21.6 Å². The molecule has 0 amide bonds. The molecule has 0 saturated heterocycles. The van der Waals surface area contributed by atoms with Gasteiger partial charge in [-0.1, -0.05) is 109 Å². The molecule has 2 atom stereocenters. The molecule has 0 spiro atoms. The SMILES string of the molecule is CC(C)P(Cc1ccccc1CP(C(C)C)C(C)(C)C)C(C)(C)C. The van der Waals surface area contributed by atoms with Gasteiger partial charge in [-0.3, -0.25) is 0 Å². The molecule has 1 rings (SSSR count). The monoisotopic (exact) mass is 366 g/mol. The van der Waals surface area contributed by atoms with E-state index >= 15 is 0 Å². The molecule has 0 bridgehead atoms. The van der Waals surface area contributed by atoms with Crippen molar-refractivity contribution >= 4 is 15.8 Å². The highest BCUT2D eigenvalue weighted by atomic mass is 31.1. The zero-order chi connectivity index (χ0) is 18.7. The fourth-order valence-corrected chi connectivity index (χ4v) is 9.75. The maximum Gasteiger partial charge on any atom is -0.00632 e. The summed E-state index contributed by atoms with van der Waals surface area (Å²) in [5.41, 5.74) is 4.79. The topological polar surface area (TPSA) is 0 Å². The van der Waals surface area contributed by atoms with E-state index in [9.17, 15) is 0 Å². The van der Waals surface area contributed by atoms with Gasteiger partial charge in [0.05, 0.1) is 0 Å². The summed E-state index contributed by atoms with van der Waals surface area (Å²) >= 11 is 0. The first-order valence-corrected chi connectivity index (χ1v) is 12.6. The van der Waals surface area contributed by atoms with Gasteiger partial charge in [-0.05, 0) is 45.1 Å². The third-order valence-corrected chi connectivity index (χ3v) is 12.1. The van der Waals surface area contributed by atoms with E-state index in [0.717, 1.165) is 11.3 Å². The Labute approximate surface area is 154 Å². The third kappa shape index (κ3) is 6.42. The second kappa shape index (κ2) is 8.64. The summed E-state index contributed by atoms with van der Waals surface area (Å²) in [5.74, 6) is 0. The van der Waals surface area contributed by atoms with Gasteiger partial charge in [0.1, 0.15) is 0 Å². The molecule has 0 heterocycles. The molecule has 0 nitrogen and oxygen atoms in total. The van der Waals surface area contributed by atoms with Gasteiger partial charge < -0.3 is 0 Å². The van der Waals surface area contributed by atoms with Gasteiger partial charge in [0.25, 0.3) is 0 Å². The molecule has 0 aromatic heterocycles. The van der Waals surface area contributed by atoms with Crippen molar-refractivity contribution in [2.45, 2.75) is 103 Å². The van der Waals surface area contributed by atoms with Gasteiger partial charge in [-0.15, -0.1) is 0 Å². The standard InChI is InChI=1S/C22H40P2/c1-17(2)23(21(5,6)7)15-19-13-11-12-14-20(19)16-24(18(3)4)22(8,9)10/h11-14,17-18H,15-16H2,1-10H3. The summed E-state index contributed by atoms with van der Waals surface area (Å²) in [5, 5.41) is 0.840. The first-order valence-electron chi connectivity index (χ1n) is 9.44. The number of rotatable bonds is 6. The van der Waals surface area contributed by atoms with E-state index in [0.29, 0.717) is 10.3 Å². The van der Waals surface area contributed by atoms with Crippen molar-refractivity contribution in [2.75, 3.05) is 0 Å². The van der Waals surface area contributed by atoms with E-state index in [4.69, 9.17) is 0 Å². The van der Waals surface area contributed by atoms with E-state index in [1.807, 2.05) is 0 Å². The van der Waals surface area contributed by atoms with Crippen LogP contribution in [0.5, 0.6) is 0 Å². The Balaban J connectivity index is 3.12. The Hall–Kier alpha value is 0.0800. The lowest BCUT2D eigenvalue weighted by molar-refractivity contribution is 0.762. The zero-order valence-corrected chi connectivity index (χ0v) is 19.6. The molecule has 0 aliphatic heterocycles. The van der Waals surface area contributed by atoms with Crippen LogP contribution in [0.4, 0.5) is 0 Å². The Morgan fingerprint density at radius 3 is 1.17 bits per heavy atom. The number of benzene rings is 1. The van der Waals surface area contributed by atoms with Crippen molar-refractivity contribution < 1.29 is 0 Å². The molecule has 0 aliphatic rings. The minimum Gasteiger partial charge on any atom is -0.0940 e. The van der Waals surface area contributed by atoms with E-state index in [2.05, 4.69) is 93.5 Å². The molecule has 2 unspecified atom stereocenters. The molecule has 2 heteroatoms. The van der Waals surface area contributed by atoms with E-state index in [-0.39, 0.29) is 15.8 Å². The molecule has 24 heavy (non-hydrogen) atoms. The van der Waals surface area contributed by atoms with Crippen molar-refractivity contribution in [3.63, 3.8) is 0 Å². The molecule has 138 valence electrons. The van der Waals surface area contributed by atoms with Crippen LogP contribution in [0.1, 0.15) is 80.4 Å². The summed E-state index contributed by atoms with van der Waals surface area (Å²) in [6.07, 6.45) is 2.55. The van der Waals surface area contributed by atoms with Crippen molar-refractivity contribution in [3.05, 3.63) is 35.4 Å². The van der Waals surface area contributed by atoms with Crippen LogP contribution in [0.15, 0.2) is 24.3 Å². The second-order valence-electron chi connectivity index (χ2n) is 9.55. The summed E-state index contributed by atoms with van der Waals surface area (Å²) in [4.78, 5) is 0. The minimum absolute atomic E-state index is 0.0144. The van der Waals surface area contributed by atoms with E-state index in [1.165, 1.54) is 12.3 Å². The van der Waals surface area contributed by atoms with Crippen LogP contribution in [-0.2, 0) is 12.3 Å². The highest BCUT2D eigenvalue weighted by Crippen LogP contribution is 2.58. The van der Waals surface area contributed by atoms with Crippen molar-refractivity contribution in [1.82, 2.24) is 0 Å². The predicted octanol–water partition coefficient (Wildman–Crippen LogP) is 8.06. The van der Waals surface area contributed by atoms with Gasteiger partial charge in [-0.2, -0.15) is 0 Å². The van der Waals surface area contributed by atoms with Gasteiger partial charge in [0, 0.05) is 0 Å². The molecule has 1 aromatic rings. The lowest BCUT2D eigenvalue weighted by Crippen LogP contribution is -2.20. The summed E-state index contributed by atoms with van der Waals surface area (Å²) in [6, 6.07) is 9.28. The first-order chi connectivity index (χ1) is 10.8. The largest absolute Gasteiger partial charge is 0.0940 e. The smallest absolute Gasteiger partial charge is 0.00632 e. The van der Waals surface area contributed by atoms with E-state index in [1.54, 1.807) is 11.1 Å². The molecule has 0 aliphatic carbocycles. The fourth-order valence-electron chi connectivity index (χ4n) is 3.62. The highest BCUT2D eigenvalue weighted by Gasteiger charge is 2.30. The number of hydrogen-bond acceptors (Lipinski definition) is 0.